The zero-order chi connectivity index (χ0) is 11.1. The number of fused-ring (bicyclic) bond motifs is 3. The lowest BCUT2D eigenvalue weighted by atomic mass is 10.0. The Bertz CT molecular complexity index is 587. The van der Waals surface area contributed by atoms with E-state index in [1.165, 1.54) is 11.1 Å². The van der Waals surface area contributed by atoms with Gasteiger partial charge in [-0.1, -0.05) is 36.4 Å². The fraction of sp³-hybridized carbons (Fsp3) is 0.0714. The number of hydrogen-bond acceptors (Lipinski definition) is 1. The third-order valence-corrected chi connectivity index (χ3v) is 3.27. The molecule has 1 nitrogen and oxygen atoms in total. The van der Waals surface area contributed by atoms with Crippen molar-refractivity contribution in [2.24, 2.45) is 0 Å². The standard InChI is InChI=1S/C14H9ClO/c15-14(16)12-7-3-6-11-10-5-2-1-4-9(10)8-13(11)12/h1-7H,8H2. The number of carbonyl (C=O) groups is 1. The van der Waals surface area contributed by atoms with E-state index in [4.69, 9.17) is 11.6 Å². The van der Waals surface area contributed by atoms with E-state index in [-0.39, 0.29) is 5.24 Å². The van der Waals surface area contributed by atoms with Crippen molar-refractivity contribution in [3.8, 4) is 11.1 Å². The number of hydrogen-bond donors (Lipinski definition) is 0. The highest BCUT2D eigenvalue weighted by molar-refractivity contribution is 6.68. The Hall–Kier alpha value is -1.60. The zero-order valence-corrected chi connectivity index (χ0v) is 9.29. The van der Waals surface area contributed by atoms with Crippen molar-refractivity contribution < 1.29 is 4.79 Å². The highest BCUT2D eigenvalue weighted by atomic mass is 35.5. The number of rotatable bonds is 1. The summed E-state index contributed by atoms with van der Waals surface area (Å²) in [6.45, 7) is 0. The molecule has 1 aliphatic carbocycles. The third kappa shape index (κ3) is 1.29. The van der Waals surface area contributed by atoms with Crippen LogP contribution in [0.4, 0.5) is 0 Å². The van der Waals surface area contributed by atoms with Gasteiger partial charge >= 0.3 is 0 Å². The summed E-state index contributed by atoms with van der Waals surface area (Å²) in [5.74, 6) is 0. The average molecular weight is 229 g/mol. The molecule has 16 heavy (non-hydrogen) atoms. The summed E-state index contributed by atoms with van der Waals surface area (Å²) >= 11 is 5.59. The normalized spacial score (nSPS) is 12.1. The largest absolute Gasteiger partial charge is 0.276 e. The summed E-state index contributed by atoms with van der Waals surface area (Å²) in [4.78, 5) is 11.3. The smallest absolute Gasteiger partial charge is 0.252 e. The van der Waals surface area contributed by atoms with Crippen LogP contribution in [-0.2, 0) is 6.42 Å². The Labute approximate surface area is 98.7 Å². The molecule has 0 unspecified atom stereocenters. The summed E-state index contributed by atoms with van der Waals surface area (Å²) in [6, 6.07) is 13.9. The minimum atomic E-state index is -0.371. The fourth-order valence-electron chi connectivity index (χ4n) is 2.34. The first-order valence-electron chi connectivity index (χ1n) is 5.17. The van der Waals surface area contributed by atoms with Crippen molar-refractivity contribution in [3.05, 3.63) is 59.2 Å². The van der Waals surface area contributed by atoms with Crippen molar-refractivity contribution in [2.75, 3.05) is 0 Å². The van der Waals surface area contributed by atoms with E-state index in [2.05, 4.69) is 12.1 Å². The molecule has 0 saturated heterocycles. The minimum Gasteiger partial charge on any atom is -0.276 e. The molecule has 2 heteroatoms. The topological polar surface area (TPSA) is 17.1 Å². The van der Waals surface area contributed by atoms with Gasteiger partial charge in [-0.15, -0.1) is 0 Å². The molecule has 2 aromatic carbocycles. The van der Waals surface area contributed by atoms with Crippen molar-refractivity contribution in [1.82, 2.24) is 0 Å². The van der Waals surface area contributed by atoms with E-state index in [0.717, 1.165) is 17.5 Å². The van der Waals surface area contributed by atoms with Crippen LogP contribution in [0.2, 0.25) is 0 Å². The highest BCUT2D eigenvalue weighted by Crippen LogP contribution is 2.38. The molecule has 0 atom stereocenters. The molecule has 2 aromatic rings. The van der Waals surface area contributed by atoms with Gasteiger partial charge < -0.3 is 0 Å². The van der Waals surface area contributed by atoms with E-state index < -0.39 is 0 Å². The van der Waals surface area contributed by atoms with Crippen LogP contribution < -0.4 is 0 Å². The molecule has 0 fully saturated rings. The van der Waals surface area contributed by atoms with Crippen LogP contribution in [0.5, 0.6) is 0 Å². The van der Waals surface area contributed by atoms with Crippen LogP contribution in [0.1, 0.15) is 21.5 Å². The quantitative estimate of drug-likeness (QED) is 0.582. The molecule has 3 rings (SSSR count). The molecule has 0 bridgehead atoms. The van der Waals surface area contributed by atoms with E-state index in [1.54, 1.807) is 6.07 Å². The second kappa shape index (κ2) is 3.46. The van der Waals surface area contributed by atoms with Gasteiger partial charge in [0.25, 0.3) is 5.24 Å². The monoisotopic (exact) mass is 228 g/mol. The second-order valence-corrected chi connectivity index (χ2v) is 4.28. The van der Waals surface area contributed by atoms with Crippen LogP contribution in [0, 0.1) is 0 Å². The molecule has 1 aliphatic rings. The van der Waals surface area contributed by atoms with Gasteiger partial charge in [-0.25, -0.2) is 0 Å². The van der Waals surface area contributed by atoms with E-state index in [0.29, 0.717) is 5.56 Å². The predicted octanol–water partition coefficient (Wildman–Crippen LogP) is 3.64. The summed E-state index contributed by atoms with van der Waals surface area (Å²) < 4.78 is 0. The second-order valence-electron chi connectivity index (χ2n) is 3.94. The predicted molar refractivity (Wildman–Crippen MR) is 64.9 cm³/mol. The molecule has 0 saturated carbocycles. The zero-order valence-electron chi connectivity index (χ0n) is 8.53. The van der Waals surface area contributed by atoms with Crippen molar-refractivity contribution in [2.45, 2.75) is 6.42 Å². The molecular weight excluding hydrogens is 220 g/mol. The number of benzene rings is 2. The summed E-state index contributed by atoms with van der Waals surface area (Å²) in [6.07, 6.45) is 0.806. The van der Waals surface area contributed by atoms with Crippen LogP contribution in [-0.4, -0.2) is 5.24 Å². The molecule has 0 heterocycles. The Morgan fingerprint density at radius 2 is 1.75 bits per heavy atom. The van der Waals surface area contributed by atoms with Gasteiger partial charge in [0.1, 0.15) is 0 Å². The van der Waals surface area contributed by atoms with Gasteiger partial charge in [0.05, 0.1) is 0 Å². The Kier molecular flexibility index (Phi) is 2.08. The lowest BCUT2D eigenvalue weighted by Crippen LogP contribution is -1.95. The molecule has 78 valence electrons. The Morgan fingerprint density at radius 1 is 1.00 bits per heavy atom. The Balaban J connectivity index is 2.28. The Morgan fingerprint density at radius 3 is 2.56 bits per heavy atom. The van der Waals surface area contributed by atoms with Gasteiger partial charge in [-0.3, -0.25) is 4.79 Å². The van der Waals surface area contributed by atoms with E-state index in [1.807, 2.05) is 24.3 Å². The van der Waals surface area contributed by atoms with Crippen LogP contribution in [0.15, 0.2) is 42.5 Å². The maximum Gasteiger partial charge on any atom is 0.252 e. The molecule has 0 N–H and O–H groups in total. The van der Waals surface area contributed by atoms with Crippen molar-refractivity contribution in [1.29, 1.82) is 0 Å². The summed E-state index contributed by atoms with van der Waals surface area (Å²) in [5, 5.41) is -0.371. The van der Waals surface area contributed by atoms with Gasteiger partial charge in [-0.05, 0) is 46.3 Å². The summed E-state index contributed by atoms with van der Waals surface area (Å²) in [7, 11) is 0. The molecule has 0 spiro atoms. The van der Waals surface area contributed by atoms with Crippen LogP contribution in [0.3, 0.4) is 0 Å². The maximum atomic E-state index is 11.3. The SMILES string of the molecule is O=C(Cl)c1cccc2c1Cc1ccccc1-2. The maximum absolute atomic E-state index is 11.3. The van der Waals surface area contributed by atoms with Crippen LogP contribution >= 0.6 is 11.6 Å². The summed E-state index contributed by atoms with van der Waals surface area (Å²) in [5.41, 5.74) is 5.32. The first kappa shape index (κ1) is 9.61. The fourth-order valence-corrected chi connectivity index (χ4v) is 2.52. The van der Waals surface area contributed by atoms with Gasteiger partial charge in [-0.2, -0.15) is 0 Å². The van der Waals surface area contributed by atoms with Gasteiger partial charge in [0, 0.05) is 5.56 Å². The first-order chi connectivity index (χ1) is 7.77. The lowest BCUT2D eigenvalue weighted by molar-refractivity contribution is 0.108. The minimum absolute atomic E-state index is 0.371. The van der Waals surface area contributed by atoms with Crippen molar-refractivity contribution >= 4 is 16.8 Å². The van der Waals surface area contributed by atoms with Crippen molar-refractivity contribution in [3.63, 3.8) is 0 Å². The highest BCUT2D eigenvalue weighted by Gasteiger charge is 2.22. The third-order valence-electron chi connectivity index (χ3n) is 3.06. The molecule has 0 radical (unpaired) electrons. The van der Waals surface area contributed by atoms with Gasteiger partial charge in [0.2, 0.25) is 0 Å². The first-order valence-corrected chi connectivity index (χ1v) is 5.55. The number of carbonyl (C=O) groups excluding carboxylic acids is 1. The molecule has 0 amide bonds. The average Bonchev–Trinajstić information content (AvgIpc) is 2.67. The molecule has 0 aliphatic heterocycles. The van der Waals surface area contributed by atoms with Crippen LogP contribution in [0.25, 0.3) is 11.1 Å². The molecule has 0 aromatic heterocycles. The molecular formula is C14H9ClO. The van der Waals surface area contributed by atoms with Gasteiger partial charge in [0.15, 0.2) is 0 Å². The van der Waals surface area contributed by atoms with E-state index >= 15 is 0 Å². The lowest BCUT2D eigenvalue weighted by Gasteiger charge is -2.03. The van der Waals surface area contributed by atoms with E-state index in [9.17, 15) is 4.79 Å². The number of halogens is 1.